The Labute approximate surface area is 226 Å². The summed E-state index contributed by atoms with van der Waals surface area (Å²) in [7, 11) is -4.09. The van der Waals surface area contributed by atoms with Gasteiger partial charge in [-0.2, -0.15) is 0 Å². The summed E-state index contributed by atoms with van der Waals surface area (Å²) >= 11 is 6.11. The van der Waals surface area contributed by atoms with Crippen molar-refractivity contribution in [2.24, 2.45) is 0 Å². The van der Waals surface area contributed by atoms with E-state index in [1.807, 2.05) is 0 Å². The first-order chi connectivity index (χ1) is 18.7. The first-order valence-electron chi connectivity index (χ1n) is 11.4. The number of carboxylic acid groups (broad SMARTS) is 1. The van der Waals surface area contributed by atoms with Gasteiger partial charge in [0.2, 0.25) is 0 Å². The van der Waals surface area contributed by atoms with Crippen LogP contribution in [0.5, 0.6) is 0 Å². The quantitative estimate of drug-likeness (QED) is 0.263. The molecule has 2 aromatic carbocycles. The van der Waals surface area contributed by atoms with Crippen molar-refractivity contribution >= 4 is 50.4 Å². The van der Waals surface area contributed by atoms with Crippen molar-refractivity contribution < 1.29 is 27.5 Å². The SMILES string of the molecule is O=C(c1ccc(N(Cc2ccccc2F)C(=O)O)nc1)c1cn(S(=O)(=O)c2ccccc2)c2ncc(Cl)cc12. The molecule has 5 rings (SSSR count). The number of halogens is 2. The van der Waals surface area contributed by atoms with E-state index < -0.39 is 27.7 Å². The molecule has 196 valence electrons. The largest absolute Gasteiger partial charge is 0.465 e. The van der Waals surface area contributed by atoms with E-state index in [-0.39, 0.29) is 50.0 Å². The zero-order valence-corrected chi connectivity index (χ0v) is 21.5. The molecule has 0 radical (unpaired) electrons. The van der Waals surface area contributed by atoms with E-state index in [4.69, 9.17) is 11.6 Å². The molecule has 0 spiro atoms. The number of benzene rings is 2. The molecule has 9 nitrogen and oxygen atoms in total. The molecule has 0 fully saturated rings. The molecule has 0 aliphatic carbocycles. The molecular formula is C27H18ClFN4O5S. The Balaban J connectivity index is 1.52. The van der Waals surface area contributed by atoms with Gasteiger partial charge in [-0.1, -0.05) is 48.0 Å². The van der Waals surface area contributed by atoms with Crippen LogP contribution in [0.25, 0.3) is 11.0 Å². The van der Waals surface area contributed by atoms with Gasteiger partial charge in [0.05, 0.1) is 22.0 Å². The van der Waals surface area contributed by atoms with Crippen molar-refractivity contribution in [3.8, 4) is 0 Å². The van der Waals surface area contributed by atoms with E-state index in [0.29, 0.717) is 0 Å². The maximum Gasteiger partial charge on any atom is 0.413 e. The molecule has 0 unspecified atom stereocenters. The van der Waals surface area contributed by atoms with Crippen LogP contribution in [-0.2, 0) is 16.6 Å². The van der Waals surface area contributed by atoms with Gasteiger partial charge in [-0.25, -0.2) is 31.5 Å². The van der Waals surface area contributed by atoms with Crippen LogP contribution in [0.4, 0.5) is 15.0 Å². The number of hydrogen-bond donors (Lipinski definition) is 1. The minimum absolute atomic E-state index is 0.00674. The monoisotopic (exact) mass is 564 g/mol. The van der Waals surface area contributed by atoms with Crippen LogP contribution in [0, 0.1) is 5.82 Å². The van der Waals surface area contributed by atoms with Gasteiger partial charge in [-0.05, 0) is 36.4 Å². The lowest BCUT2D eigenvalue weighted by atomic mass is 10.1. The van der Waals surface area contributed by atoms with Gasteiger partial charge in [0.15, 0.2) is 11.4 Å². The average molecular weight is 565 g/mol. The zero-order chi connectivity index (χ0) is 27.7. The summed E-state index contributed by atoms with van der Waals surface area (Å²) in [5.74, 6) is -1.17. The summed E-state index contributed by atoms with van der Waals surface area (Å²) in [5.41, 5.74) is 0.235. The first kappa shape index (κ1) is 26.0. The van der Waals surface area contributed by atoms with E-state index >= 15 is 0 Å². The Bertz CT molecular complexity index is 1830. The Morgan fingerprint density at radius 2 is 1.69 bits per heavy atom. The number of carbonyl (C=O) groups excluding carboxylic acids is 1. The third kappa shape index (κ3) is 4.97. The Morgan fingerprint density at radius 3 is 2.36 bits per heavy atom. The highest BCUT2D eigenvalue weighted by molar-refractivity contribution is 7.90. The lowest BCUT2D eigenvalue weighted by molar-refractivity contribution is 0.104. The molecule has 0 aliphatic heterocycles. The third-order valence-corrected chi connectivity index (χ3v) is 7.80. The lowest BCUT2D eigenvalue weighted by Crippen LogP contribution is -2.29. The van der Waals surface area contributed by atoms with E-state index in [1.165, 1.54) is 67.1 Å². The molecule has 0 atom stereocenters. The standard InChI is InChI=1S/C27H18ClFN4O5S/c28-19-12-21-22(16-33(26(21)31-14-19)39(37,38)20-7-2-1-3-8-20)25(34)17-10-11-24(30-13-17)32(27(35)36)15-18-6-4-5-9-23(18)29/h1-14,16H,15H2,(H,35,36). The highest BCUT2D eigenvalue weighted by Crippen LogP contribution is 2.29. The molecule has 0 bridgehead atoms. The van der Waals surface area contributed by atoms with Crippen LogP contribution in [-0.4, -0.2) is 39.3 Å². The summed E-state index contributed by atoms with van der Waals surface area (Å²) in [6.07, 6.45) is 2.26. The summed E-state index contributed by atoms with van der Waals surface area (Å²) in [6.45, 7) is -0.294. The molecule has 0 aliphatic rings. The minimum Gasteiger partial charge on any atom is -0.465 e. The number of pyridine rings is 2. The molecule has 5 aromatic rings. The number of carbonyl (C=O) groups is 2. The van der Waals surface area contributed by atoms with Crippen LogP contribution in [0.1, 0.15) is 21.5 Å². The minimum atomic E-state index is -4.09. The topological polar surface area (TPSA) is 122 Å². The number of ketones is 1. The summed E-state index contributed by atoms with van der Waals surface area (Å²) in [4.78, 5) is 34.5. The highest BCUT2D eigenvalue weighted by Gasteiger charge is 2.26. The van der Waals surface area contributed by atoms with Crippen LogP contribution in [0.3, 0.4) is 0 Å². The number of rotatable bonds is 7. The maximum atomic E-state index is 14.1. The fraction of sp³-hybridized carbons (Fsp3) is 0.0370. The molecule has 12 heteroatoms. The van der Waals surface area contributed by atoms with Gasteiger partial charge >= 0.3 is 6.09 Å². The average Bonchev–Trinajstić information content (AvgIpc) is 3.32. The number of anilines is 1. The predicted octanol–water partition coefficient (Wildman–Crippen LogP) is 5.38. The molecule has 3 heterocycles. The van der Waals surface area contributed by atoms with Crippen molar-refractivity contribution in [1.82, 2.24) is 13.9 Å². The van der Waals surface area contributed by atoms with Crippen molar-refractivity contribution in [2.75, 3.05) is 4.90 Å². The van der Waals surface area contributed by atoms with Crippen molar-refractivity contribution in [3.63, 3.8) is 0 Å². The van der Waals surface area contributed by atoms with Gasteiger partial charge in [-0.15, -0.1) is 0 Å². The van der Waals surface area contributed by atoms with Crippen LogP contribution in [0.15, 0.2) is 96.3 Å². The number of aromatic nitrogens is 3. The van der Waals surface area contributed by atoms with Gasteiger partial charge in [0.1, 0.15) is 11.6 Å². The molecule has 1 N–H and O–H groups in total. The highest BCUT2D eigenvalue weighted by atomic mass is 35.5. The molecule has 39 heavy (non-hydrogen) atoms. The molecular weight excluding hydrogens is 547 g/mol. The van der Waals surface area contributed by atoms with Crippen LogP contribution >= 0.6 is 11.6 Å². The molecule has 3 aromatic heterocycles. The second-order valence-corrected chi connectivity index (χ2v) is 10.6. The van der Waals surface area contributed by atoms with Gasteiger partial charge in [0.25, 0.3) is 10.0 Å². The molecule has 1 amide bonds. The predicted molar refractivity (Wildman–Crippen MR) is 142 cm³/mol. The number of fused-ring (bicyclic) bond motifs is 1. The fourth-order valence-corrected chi connectivity index (χ4v) is 5.51. The van der Waals surface area contributed by atoms with Crippen molar-refractivity contribution in [2.45, 2.75) is 11.4 Å². The summed E-state index contributed by atoms with van der Waals surface area (Å²) in [5, 5.41) is 10.1. The third-order valence-electron chi connectivity index (χ3n) is 5.93. The van der Waals surface area contributed by atoms with E-state index in [0.717, 1.165) is 8.87 Å². The Morgan fingerprint density at radius 1 is 0.974 bits per heavy atom. The van der Waals surface area contributed by atoms with Gasteiger partial charge < -0.3 is 5.11 Å². The van der Waals surface area contributed by atoms with E-state index in [1.54, 1.807) is 24.3 Å². The van der Waals surface area contributed by atoms with Crippen LogP contribution in [0.2, 0.25) is 5.02 Å². The second-order valence-electron chi connectivity index (χ2n) is 8.38. The maximum absolute atomic E-state index is 14.1. The van der Waals surface area contributed by atoms with Crippen molar-refractivity contribution in [3.05, 3.63) is 119 Å². The Hall–Kier alpha value is -4.61. The molecule has 0 saturated heterocycles. The second kappa shape index (κ2) is 10.3. The van der Waals surface area contributed by atoms with Crippen LogP contribution < -0.4 is 4.90 Å². The summed E-state index contributed by atoms with van der Waals surface area (Å²) < 4.78 is 41.7. The zero-order valence-electron chi connectivity index (χ0n) is 19.9. The van der Waals surface area contributed by atoms with E-state index in [9.17, 15) is 27.5 Å². The van der Waals surface area contributed by atoms with Crippen molar-refractivity contribution in [1.29, 1.82) is 0 Å². The van der Waals surface area contributed by atoms with E-state index in [2.05, 4.69) is 9.97 Å². The van der Waals surface area contributed by atoms with Gasteiger partial charge in [0, 0.05) is 35.1 Å². The first-order valence-corrected chi connectivity index (χ1v) is 13.2. The number of amides is 1. The number of nitrogens with zero attached hydrogens (tertiary/aromatic N) is 4. The molecule has 0 saturated carbocycles. The summed E-state index contributed by atoms with van der Waals surface area (Å²) in [6, 6.07) is 17.6. The fourth-order valence-electron chi connectivity index (χ4n) is 4.00. The van der Waals surface area contributed by atoms with Gasteiger partial charge in [-0.3, -0.25) is 9.69 Å². The Kier molecular flexibility index (Phi) is 6.85. The smallest absolute Gasteiger partial charge is 0.413 e. The number of hydrogen-bond acceptors (Lipinski definition) is 6. The normalized spacial score (nSPS) is 11.4. The lowest BCUT2D eigenvalue weighted by Gasteiger charge is -2.18.